The van der Waals surface area contributed by atoms with Gasteiger partial charge in [0.2, 0.25) is 0 Å². The number of benzene rings is 2. The minimum absolute atomic E-state index is 0.0919. The topological polar surface area (TPSA) is 93.5 Å². The summed E-state index contributed by atoms with van der Waals surface area (Å²) in [5.74, 6) is -0.261. The van der Waals surface area contributed by atoms with E-state index in [0.29, 0.717) is 21.8 Å². The number of halogens is 1. The highest BCUT2D eigenvalue weighted by Crippen LogP contribution is 2.17. The zero-order chi connectivity index (χ0) is 14.5. The summed E-state index contributed by atoms with van der Waals surface area (Å²) in [6.45, 7) is 0. The number of nitrogens with zero attached hydrogens (tertiary/aromatic N) is 1. The lowest BCUT2D eigenvalue weighted by atomic mass is 10.1. The Morgan fingerprint density at radius 1 is 1.15 bits per heavy atom. The number of amidine groups is 1. The van der Waals surface area contributed by atoms with Crippen molar-refractivity contribution in [2.24, 2.45) is 10.8 Å². The Bertz CT molecular complexity index is 655. The van der Waals surface area contributed by atoms with Crippen molar-refractivity contribution in [2.45, 2.75) is 0 Å². The van der Waals surface area contributed by atoms with Crippen LogP contribution in [0.5, 0.6) is 0 Å². The molecule has 2 aromatic rings. The number of amides is 1. The summed E-state index contributed by atoms with van der Waals surface area (Å²) in [5, 5.41) is 4.32. The fraction of sp³-hybridized carbons (Fsp3) is 0. The molecule has 5 nitrogen and oxygen atoms in total. The first-order valence-corrected chi connectivity index (χ1v) is 6.19. The van der Waals surface area contributed by atoms with Crippen LogP contribution in [0.2, 0.25) is 5.02 Å². The molecule has 0 saturated heterocycles. The standard InChI is InChI=1S/C14H13ClN4O/c15-10-6-7-12(16)11(8-10)13(17)18-19-14(20)9-4-2-1-3-5-9/h1-8H,16H2,(H2,17,18)(H,19,20). The van der Waals surface area contributed by atoms with Crippen molar-refractivity contribution >= 4 is 29.0 Å². The Morgan fingerprint density at radius 2 is 1.85 bits per heavy atom. The predicted octanol–water partition coefficient (Wildman–Crippen LogP) is 1.97. The van der Waals surface area contributed by atoms with Crippen molar-refractivity contribution in [3.05, 3.63) is 64.7 Å². The maximum absolute atomic E-state index is 11.8. The first kappa shape index (κ1) is 13.9. The largest absolute Gasteiger partial charge is 0.398 e. The van der Waals surface area contributed by atoms with E-state index in [2.05, 4.69) is 10.5 Å². The summed E-state index contributed by atoms with van der Waals surface area (Å²) in [6.07, 6.45) is 0. The number of nitrogens with two attached hydrogens (primary N) is 2. The molecule has 0 bridgehead atoms. The molecule has 0 atom stereocenters. The van der Waals surface area contributed by atoms with Crippen LogP contribution in [0.25, 0.3) is 0 Å². The van der Waals surface area contributed by atoms with Gasteiger partial charge in [-0.25, -0.2) is 5.43 Å². The van der Waals surface area contributed by atoms with Gasteiger partial charge >= 0.3 is 0 Å². The van der Waals surface area contributed by atoms with E-state index in [1.54, 1.807) is 42.5 Å². The highest BCUT2D eigenvalue weighted by Gasteiger charge is 2.07. The van der Waals surface area contributed by atoms with Gasteiger partial charge in [0.25, 0.3) is 5.91 Å². The lowest BCUT2D eigenvalue weighted by molar-refractivity contribution is 0.0955. The van der Waals surface area contributed by atoms with Crippen molar-refractivity contribution in [1.82, 2.24) is 5.43 Å². The molecule has 0 heterocycles. The van der Waals surface area contributed by atoms with Gasteiger partial charge in [0.1, 0.15) is 0 Å². The number of hydrogen-bond donors (Lipinski definition) is 3. The number of hydrazone groups is 1. The normalized spacial score (nSPS) is 11.2. The molecular formula is C14H13ClN4O. The number of hydrogen-bond acceptors (Lipinski definition) is 3. The van der Waals surface area contributed by atoms with E-state index in [1.807, 2.05) is 6.07 Å². The maximum atomic E-state index is 11.8. The van der Waals surface area contributed by atoms with E-state index >= 15 is 0 Å². The van der Waals surface area contributed by atoms with Gasteiger partial charge in [-0.3, -0.25) is 4.79 Å². The SMILES string of the molecule is N/C(=N\NC(=O)c1ccccc1)c1cc(Cl)ccc1N. The number of nitrogen functional groups attached to an aromatic ring is 1. The molecule has 2 rings (SSSR count). The van der Waals surface area contributed by atoms with Gasteiger partial charge in [-0.1, -0.05) is 29.8 Å². The molecule has 0 spiro atoms. The molecule has 2 aromatic carbocycles. The predicted molar refractivity (Wildman–Crippen MR) is 80.5 cm³/mol. The van der Waals surface area contributed by atoms with E-state index in [0.717, 1.165) is 0 Å². The number of carbonyl (C=O) groups is 1. The molecule has 6 heteroatoms. The summed E-state index contributed by atoms with van der Waals surface area (Å²) in [5.41, 5.74) is 15.3. The first-order valence-electron chi connectivity index (χ1n) is 5.82. The Kier molecular flexibility index (Phi) is 4.22. The zero-order valence-electron chi connectivity index (χ0n) is 10.5. The van der Waals surface area contributed by atoms with Crippen LogP contribution in [0.15, 0.2) is 53.6 Å². The minimum Gasteiger partial charge on any atom is -0.398 e. The summed E-state index contributed by atoms with van der Waals surface area (Å²) in [6, 6.07) is 13.6. The maximum Gasteiger partial charge on any atom is 0.271 e. The third-order valence-corrected chi connectivity index (χ3v) is 2.84. The highest BCUT2D eigenvalue weighted by molar-refractivity contribution is 6.31. The Labute approximate surface area is 121 Å². The van der Waals surface area contributed by atoms with Gasteiger partial charge in [-0.2, -0.15) is 5.10 Å². The molecule has 5 N–H and O–H groups in total. The third kappa shape index (κ3) is 3.27. The molecule has 0 aliphatic carbocycles. The molecule has 20 heavy (non-hydrogen) atoms. The summed E-state index contributed by atoms with van der Waals surface area (Å²) < 4.78 is 0. The molecule has 0 saturated carbocycles. The minimum atomic E-state index is -0.353. The Morgan fingerprint density at radius 3 is 2.55 bits per heavy atom. The molecule has 0 aliphatic rings. The van der Waals surface area contributed by atoms with Gasteiger partial charge < -0.3 is 11.5 Å². The van der Waals surface area contributed by atoms with Crippen LogP contribution in [0.3, 0.4) is 0 Å². The Balaban J connectivity index is 2.15. The van der Waals surface area contributed by atoms with Gasteiger partial charge in [0.15, 0.2) is 5.84 Å². The van der Waals surface area contributed by atoms with Crippen molar-refractivity contribution in [1.29, 1.82) is 0 Å². The first-order chi connectivity index (χ1) is 9.58. The number of anilines is 1. The quantitative estimate of drug-likeness (QED) is 0.349. The second kappa shape index (κ2) is 6.08. The number of rotatable bonds is 3. The van der Waals surface area contributed by atoms with Crippen LogP contribution >= 0.6 is 11.6 Å². The molecule has 0 aliphatic heterocycles. The molecule has 0 aromatic heterocycles. The molecule has 0 radical (unpaired) electrons. The van der Waals surface area contributed by atoms with Gasteiger partial charge in [-0.05, 0) is 30.3 Å². The van der Waals surface area contributed by atoms with Crippen LogP contribution in [-0.2, 0) is 0 Å². The highest BCUT2D eigenvalue weighted by atomic mass is 35.5. The van der Waals surface area contributed by atoms with Crippen LogP contribution in [0, 0.1) is 0 Å². The molecule has 102 valence electrons. The zero-order valence-corrected chi connectivity index (χ0v) is 11.3. The van der Waals surface area contributed by atoms with E-state index < -0.39 is 0 Å². The average molecular weight is 289 g/mol. The van der Waals surface area contributed by atoms with Crippen molar-refractivity contribution in [2.75, 3.05) is 5.73 Å². The molecular weight excluding hydrogens is 276 g/mol. The molecule has 1 amide bonds. The third-order valence-electron chi connectivity index (χ3n) is 2.61. The van der Waals surface area contributed by atoms with E-state index in [4.69, 9.17) is 23.1 Å². The second-order valence-corrected chi connectivity index (χ2v) is 4.47. The monoisotopic (exact) mass is 288 g/mol. The molecule has 0 fully saturated rings. The average Bonchev–Trinajstić information content (AvgIpc) is 2.47. The van der Waals surface area contributed by atoms with Gasteiger partial charge in [0, 0.05) is 21.8 Å². The molecule has 0 unspecified atom stereocenters. The summed E-state index contributed by atoms with van der Waals surface area (Å²) >= 11 is 5.87. The second-order valence-electron chi connectivity index (χ2n) is 4.04. The van der Waals surface area contributed by atoms with Crippen LogP contribution in [0.4, 0.5) is 5.69 Å². The number of nitrogens with one attached hydrogen (secondary N) is 1. The summed E-state index contributed by atoms with van der Waals surface area (Å²) in [7, 11) is 0. The van der Waals surface area contributed by atoms with Crippen molar-refractivity contribution < 1.29 is 4.79 Å². The van der Waals surface area contributed by atoms with Crippen molar-refractivity contribution in [3.8, 4) is 0 Å². The van der Waals surface area contributed by atoms with E-state index in [-0.39, 0.29) is 11.7 Å². The fourth-order valence-corrected chi connectivity index (χ4v) is 1.75. The smallest absolute Gasteiger partial charge is 0.271 e. The lowest BCUT2D eigenvalue weighted by Gasteiger charge is -2.06. The van der Waals surface area contributed by atoms with Crippen LogP contribution in [0.1, 0.15) is 15.9 Å². The van der Waals surface area contributed by atoms with Crippen LogP contribution in [-0.4, -0.2) is 11.7 Å². The fourth-order valence-electron chi connectivity index (χ4n) is 1.58. The summed E-state index contributed by atoms with van der Waals surface area (Å²) in [4.78, 5) is 11.8. The van der Waals surface area contributed by atoms with Gasteiger partial charge in [0.05, 0.1) is 0 Å². The van der Waals surface area contributed by atoms with Gasteiger partial charge in [-0.15, -0.1) is 0 Å². The van der Waals surface area contributed by atoms with Crippen molar-refractivity contribution in [3.63, 3.8) is 0 Å². The van der Waals surface area contributed by atoms with Crippen LogP contribution < -0.4 is 16.9 Å². The Hall–Kier alpha value is -2.53. The number of carbonyl (C=O) groups excluding carboxylic acids is 1. The van der Waals surface area contributed by atoms with E-state index in [9.17, 15) is 4.79 Å². The lowest BCUT2D eigenvalue weighted by Crippen LogP contribution is -2.24. The van der Waals surface area contributed by atoms with E-state index in [1.165, 1.54) is 0 Å².